The Labute approximate surface area is 187 Å². The van der Waals surface area contributed by atoms with Gasteiger partial charge in [0, 0.05) is 30.8 Å². The van der Waals surface area contributed by atoms with Crippen molar-refractivity contribution in [3.8, 4) is 0 Å². The fourth-order valence-electron chi connectivity index (χ4n) is 8.97. The standard InChI is InChI=1S/C27H42O4/c1-15(14-28)5-8-22-16(2)25-23(31-22)12-21-19-7-6-17-11-18(29)9-10-26(17,3)20(19)13-24(30)27(21,25)4/h15,17-21,23,25,28-29H,5-14H2,1-4H3/t15?,17-,18?,19?,20?,21?,23?,25?,26-,27+/m0/s1. The number of Topliss-reactive ketones (excluding diaryl/α,β-unsaturated/α-hetero) is 1. The minimum absolute atomic E-state index is 0.141. The van der Waals surface area contributed by atoms with Crippen LogP contribution in [0.25, 0.3) is 0 Å². The van der Waals surface area contributed by atoms with E-state index in [1.54, 1.807) is 0 Å². The minimum Gasteiger partial charge on any atom is -0.494 e. The first-order chi connectivity index (χ1) is 14.7. The van der Waals surface area contributed by atoms with E-state index >= 15 is 0 Å². The van der Waals surface area contributed by atoms with Gasteiger partial charge in [-0.3, -0.25) is 4.79 Å². The van der Waals surface area contributed by atoms with E-state index in [2.05, 4.69) is 27.7 Å². The van der Waals surface area contributed by atoms with Crippen molar-refractivity contribution in [2.24, 2.45) is 46.3 Å². The van der Waals surface area contributed by atoms with Crippen LogP contribution >= 0.6 is 0 Å². The molecule has 4 heteroatoms. The Bertz CT molecular complexity index is 773. The molecule has 0 saturated heterocycles. The largest absolute Gasteiger partial charge is 0.494 e. The van der Waals surface area contributed by atoms with Crippen LogP contribution in [0.3, 0.4) is 0 Å². The van der Waals surface area contributed by atoms with Crippen molar-refractivity contribution >= 4 is 5.78 Å². The summed E-state index contributed by atoms with van der Waals surface area (Å²) in [6.07, 6.45) is 8.93. The molecule has 5 rings (SSSR count). The van der Waals surface area contributed by atoms with Gasteiger partial charge >= 0.3 is 0 Å². The fourth-order valence-corrected chi connectivity index (χ4v) is 8.97. The summed E-state index contributed by atoms with van der Waals surface area (Å²) in [7, 11) is 0. The molecule has 1 aliphatic heterocycles. The molecule has 4 fully saturated rings. The Morgan fingerprint density at radius 3 is 2.68 bits per heavy atom. The van der Waals surface area contributed by atoms with Crippen LogP contribution in [0.2, 0.25) is 0 Å². The van der Waals surface area contributed by atoms with Crippen molar-refractivity contribution in [1.82, 2.24) is 0 Å². The molecule has 10 atom stereocenters. The lowest BCUT2D eigenvalue weighted by atomic mass is 9.44. The third-order valence-electron chi connectivity index (χ3n) is 10.9. The molecule has 0 amide bonds. The molecule has 2 N–H and O–H groups in total. The highest BCUT2D eigenvalue weighted by atomic mass is 16.5. The molecule has 4 aliphatic carbocycles. The van der Waals surface area contributed by atoms with Crippen LogP contribution in [0.4, 0.5) is 0 Å². The zero-order chi connectivity index (χ0) is 22.1. The first-order valence-electron chi connectivity index (χ1n) is 12.9. The summed E-state index contributed by atoms with van der Waals surface area (Å²) in [5, 5.41) is 19.6. The second-order valence-electron chi connectivity index (χ2n) is 12.3. The van der Waals surface area contributed by atoms with Crippen molar-refractivity contribution in [3.63, 3.8) is 0 Å². The number of allylic oxidation sites excluding steroid dienone is 1. The van der Waals surface area contributed by atoms with Gasteiger partial charge in [-0.25, -0.2) is 0 Å². The fraction of sp³-hybridized carbons (Fsp3) is 0.889. The van der Waals surface area contributed by atoms with Gasteiger partial charge in [0.2, 0.25) is 0 Å². The second-order valence-corrected chi connectivity index (χ2v) is 12.3. The number of ether oxygens (including phenoxy) is 1. The van der Waals surface area contributed by atoms with E-state index in [9.17, 15) is 15.0 Å². The number of rotatable bonds is 4. The molecule has 0 spiro atoms. The van der Waals surface area contributed by atoms with Crippen LogP contribution < -0.4 is 0 Å². The van der Waals surface area contributed by atoms with Crippen LogP contribution in [-0.4, -0.2) is 34.8 Å². The van der Waals surface area contributed by atoms with E-state index in [4.69, 9.17) is 4.74 Å². The topological polar surface area (TPSA) is 66.8 Å². The molecule has 0 aromatic carbocycles. The SMILES string of the molecule is CC1=C(CCC(C)CO)OC2CC3C4CC[C@H]5CC(O)CC[C@]5(C)C4CC(=O)[C@]3(C)C12. The maximum Gasteiger partial charge on any atom is 0.140 e. The molecule has 7 unspecified atom stereocenters. The van der Waals surface area contributed by atoms with E-state index in [1.807, 2.05) is 0 Å². The number of aliphatic hydroxyl groups excluding tert-OH is 2. The highest BCUT2D eigenvalue weighted by Gasteiger charge is 2.67. The molecular formula is C27H42O4. The average molecular weight is 431 g/mol. The summed E-state index contributed by atoms with van der Waals surface area (Å²) in [6.45, 7) is 9.21. The Hall–Kier alpha value is -0.870. The van der Waals surface area contributed by atoms with Crippen molar-refractivity contribution < 1.29 is 19.7 Å². The number of carbonyl (C=O) groups excluding carboxylic acids is 1. The quantitative estimate of drug-likeness (QED) is 0.667. The van der Waals surface area contributed by atoms with E-state index in [0.29, 0.717) is 29.5 Å². The monoisotopic (exact) mass is 430 g/mol. The van der Waals surface area contributed by atoms with Crippen LogP contribution in [0.1, 0.15) is 85.5 Å². The Morgan fingerprint density at radius 1 is 1.16 bits per heavy atom. The van der Waals surface area contributed by atoms with Gasteiger partial charge in [-0.2, -0.15) is 0 Å². The van der Waals surface area contributed by atoms with E-state index in [1.165, 1.54) is 18.4 Å². The van der Waals surface area contributed by atoms with Gasteiger partial charge in [0.1, 0.15) is 11.9 Å². The summed E-state index contributed by atoms with van der Waals surface area (Å²) < 4.78 is 6.54. The van der Waals surface area contributed by atoms with Crippen LogP contribution in [0.5, 0.6) is 0 Å². The van der Waals surface area contributed by atoms with Gasteiger partial charge in [-0.15, -0.1) is 0 Å². The summed E-state index contributed by atoms with van der Waals surface area (Å²) >= 11 is 0. The smallest absolute Gasteiger partial charge is 0.140 e. The van der Waals surface area contributed by atoms with Gasteiger partial charge < -0.3 is 14.9 Å². The van der Waals surface area contributed by atoms with Crippen LogP contribution in [0, 0.1) is 46.3 Å². The third kappa shape index (κ3) is 3.10. The van der Waals surface area contributed by atoms with Crippen LogP contribution in [0.15, 0.2) is 11.3 Å². The Balaban J connectivity index is 1.41. The van der Waals surface area contributed by atoms with Gasteiger partial charge in [0.05, 0.1) is 11.9 Å². The Morgan fingerprint density at radius 2 is 1.94 bits per heavy atom. The predicted octanol–water partition coefficient (Wildman–Crippen LogP) is 4.88. The number of hydrogen-bond acceptors (Lipinski definition) is 4. The highest BCUT2D eigenvalue weighted by Crippen LogP contribution is 2.68. The molecular weight excluding hydrogens is 388 g/mol. The number of aliphatic hydroxyl groups is 2. The lowest BCUT2D eigenvalue weighted by Gasteiger charge is -2.60. The van der Waals surface area contributed by atoms with Crippen molar-refractivity contribution in [3.05, 3.63) is 11.3 Å². The van der Waals surface area contributed by atoms with Gasteiger partial charge in [0.15, 0.2) is 0 Å². The molecule has 174 valence electrons. The van der Waals surface area contributed by atoms with E-state index < -0.39 is 0 Å². The third-order valence-corrected chi connectivity index (χ3v) is 10.9. The molecule has 0 aromatic heterocycles. The van der Waals surface area contributed by atoms with Crippen molar-refractivity contribution in [1.29, 1.82) is 0 Å². The number of fused-ring (bicyclic) bond motifs is 7. The molecule has 0 radical (unpaired) electrons. The van der Waals surface area contributed by atoms with Crippen molar-refractivity contribution in [2.75, 3.05) is 6.61 Å². The molecule has 5 aliphatic rings. The van der Waals surface area contributed by atoms with E-state index in [0.717, 1.165) is 50.7 Å². The average Bonchev–Trinajstić information content (AvgIpc) is 3.22. The maximum atomic E-state index is 13.9. The molecule has 0 aromatic rings. The normalized spacial score (nSPS) is 49.7. The van der Waals surface area contributed by atoms with Crippen molar-refractivity contribution in [2.45, 2.75) is 97.7 Å². The molecule has 31 heavy (non-hydrogen) atoms. The molecule has 0 bridgehead atoms. The van der Waals surface area contributed by atoms with Crippen LogP contribution in [-0.2, 0) is 9.53 Å². The van der Waals surface area contributed by atoms with Gasteiger partial charge in [-0.05, 0) is 92.4 Å². The van der Waals surface area contributed by atoms with E-state index in [-0.39, 0.29) is 41.5 Å². The number of carbonyl (C=O) groups is 1. The number of ketones is 1. The molecule has 4 saturated carbocycles. The lowest BCUT2D eigenvalue weighted by molar-refractivity contribution is -0.158. The zero-order valence-corrected chi connectivity index (χ0v) is 19.9. The molecule has 4 nitrogen and oxygen atoms in total. The number of hydrogen-bond donors (Lipinski definition) is 2. The predicted molar refractivity (Wildman–Crippen MR) is 120 cm³/mol. The summed E-state index contributed by atoms with van der Waals surface area (Å²) in [6, 6.07) is 0. The Kier molecular flexibility index (Phi) is 5.37. The molecule has 1 heterocycles. The summed E-state index contributed by atoms with van der Waals surface area (Å²) in [4.78, 5) is 13.9. The van der Waals surface area contributed by atoms with Gasteiger partial charge in [0.25, 0.3) is 0 Å². The summed E-state index contributed by atoms with van der Waals surface area (Å²) in [5.41, 5.74) is 1.25. The van der Waals surface area contributed by atoms with Gasteiger partial charge in [-0.1, -0.05) is 20.8 Å². The summed E-state index contributed by atoms with van der Waals surface area (Å²) in [5.74, 6) is 4.23. The first-order valence-corrected chi connectivity index (χ1v) is 12.9. The minimum atomic E-state index is -0.280. The highest BCUT2D eigenvalue weighted by molar-refractivity contribution is 5.87. The first kappa shape index (κ1) is 21.9. The maximum absolute atomic E-state index is 13.9. The second kappa shape index (κ2) is 7.58. The lowest BCUT2D eigenvalue weighted by Crippen LogP contribution is -2.57. The zero-order valence-electron chi connectivity index (χ0n) is 19.9.